The van der Waals surface area contributed by atoms with Crippen LogP contribution in [0.1, 0.15) is 56.2 Å². The number of alkyl halides is 3. The maximum atomic E-state index is 13.5. The standard InChI is InChI=1S/C26H27F3O5/c1-16(2)34-22-6-3-17(12-21(22)26(27,28)29)14-32-20-5-4-19-11-18(15-33-23(19)13-20)7-8-25(9-10-25)24(30)31/h3-6,11-13,16H,7-10,14-15H2,1-2H3,(H,30,31). The predicted octanol–water partition coefficient (Wildman–Crippen LogP) is 6.49. The zero-order valence-electron chi connectivity index (χ0n) is 19.1. The van der Waals surface area contributed by atoms with Crippen LogP contribution in [0.2, 0.25) is 0 Å². The molecule has 5 nitrogen and oxygen atoms in total. The first kappa shape index (κ1) is 24.0. The lowest BCUT2D eigenvalue weighted by atomic mass is 9.95. The molecule has 1 aliphatic heterocycles. The Morgan fingerprint density at radius 3 is 2.59 bits per heavy atom. The Morgan fingerprint density at radius 2 is 1.94 bits per heavy atom. The monoisotopic (exact) mass is 476 g/mol. The van der Waals surface area contributed by atoms with Crippen LogP contribution in [0.4, 0.5) is 13.2 Å². The third kappa shape index (κ3) is 5.48. The molecule has 0 atom stereocenters. The molecule has 182 valence electrons. The Balaban J connectivity index is 1.41. The summed E-state index contributed by atoms with van der Waals surface area (Å²) in [5, 5.41) is 9.33. The van der Waals surface area contributed by atoms with E-state index in [9.17, 15) is 23.1 Å². The Hall–Kier alpha value is -3.16. The molecule has 1 fully saturated rings. The smallest absolute Gasteiger partial charge is 0.419 e. The van der Waals surface area contributed by atoms with Crippen LogP contribution in [0.3, 0.4) is 0 Å². The van der Waals surface area contributed by atoms with Crippen molar-refractivity contribution in [3.8, 4) is 17.2 Å². The number of carboxylic acid groups (broad SMARTS) is 1. The zero-order valence-corrected chi connectivity index (χ0v) is 19.1. The highest BCUT2D eigenvalue weighted by Gasteiger charge is 2.49. The average Bonchev–Trinajstić information content (AvgIpc) is 3.57. The van der Waals surface area contributed by atoms with E-state index < -0.39 is 23.1 Å². The summed E-state index contributed by atoms with van der Waals surface area (Å²) in [6.07, 6.45) is -0.175. The van der Waals surface area contributed by atoms with E-state index in [1.807, 2.05) is 12.1 Å². The molecule has 8 heteroatoms. The molecule has 2 aromatic rings. The van der Waals surface area contributed by atoms with Crippen molar-refractivity contribution >= 4 is 12.0 Å². The average molecular weight is 476 g/mol. The summed E-state index contributed by atoms with van der Waals surface area (Å²) in [5.41, 5.74) is 0.880. The van der Waals surface area contributed by atoms with Gasteiger partial charge in [-0.1, -0.05) is 6.07 Å². The molecule has 0 bridgehead atoms. The highest BCUT2D eigenvalue weighted by molar-refractivity contribution is 5.77. The van der Waals surface area contributed by atoms with Gasteiger partial charge in [0.1, 0.15) is 30.5 Å². The number of aliphatic carboxylic acids is 1. The first-order valence-corrected chi connectivity index (χ1v) is 11.2. The Labute approximate surface area is 196 Å². The fraction of sp³-hybridized carbons (Fsp3) is 0.423. The number of rotatable bonds is 9. The van der Waals surface area contributed by atoms with Gasteiger partial charge in [-0.3, -0.25) is 4.79 Å². The van der Waals surface area contributed by atoms with Crippen LogP contribution in [0.5, 0.6) is 17.2 Å². The van der Waals surface area contributed by atoms with Gasteiger partial charge in [-0.2, -0.15) is 13.2 Å². The first-order valence-electron chi connectivity index (χ1n) is 11.2. The molecule has 0 amide bonds. The number of ether oxygens (including phenoxy) is 3. The summed E-state index contributed by atoms with van der Waals surface area (Å²) in [6.45, 7) is 3.68. The van der Waals surface area contributed by atoms with Gasteiger partial charge in [0.15, 0.2) is 0 Å². The molecule has 0 aromatic heterocycles. The summed E-state index contributed by atoms with van der Waals surface area (Å²) < 4.78 is 57.2. The molecular formula is C26H27F3O5. The van der Waals surface area contributed by atoms with Crippen LogP contribution < -0.4 is 14.2 Å². The Morgan fingerprint density at radius 1 is 1.18 bits per heavy atom. The quantitative estimate of drug-likeness (QED) is 0.448. The lowest BCUT2D eigenvalue weighted by molar-refractivity contribution is -0.143. The van der Waals surface area contributed by atoms with Gasteiger partial charge in [0.2, 0.25) is 0 Å². The minimum Gasteiger partial charge on any atom is -0.490 e. The van der Waals surface area contributed by atoms with E-state index in [4.69, 9.17) is 14.2 Å². The van der Waals surface area contributed by atoms with E-state index >= 15 is 0 Å². The molecule has 0 spiro atoms. The minimum absolute atomic E-state index is 0.0395. The maximum Gasteiger partial charge on any atom is 0.419 e. The fourth-order valence-corrected chi connectivity index (χ4v) is 3.96. The van der Waals surface area contributed by atoms with E-state index in [0.717, 1.165) is 30.0 Å². The van der Waals surface area contributed by atoms with Gasteiger partial charge in [-0.15, -0.1) is 0 Å². The Bertz CT molecular complexity index is 1100. The molecule has 2 aromatic carbocycles. The predicted molar refractivity (Wildman–Crippen MR) is 120 cm³/mol. The third-order valence-corrected chi connectivity index (χ3v) is 6.11. The minimum atomic E-state index is -4.53. The van der Waals surface area contributed by atoms with E-state index in [0.29, 0.717) is 36.5 Å². The van der Waals surface area contributed by atoms with Gasteiger partial charge in [0.25, 0.3) is 0 Å². The van der Waals surface area contributed by atoms with Gasteiger partial charge in [-0.25, -0.2) is 0 Å². The lowest BCUT2D eigenvalue weighted by Crippen LogP contribution is -2.16. The third-order valence-electron chi connectivity index (χ3n) is 6.11. The molecule has 0 radical (unpaired) electrons. The number of hydrogen-bond acceptors (Lipinski definition) is 4. The highest BCUT2D eigenvalue weighted by Crippen LogP contribution is 2.50. The van der Waals surface area contributed by atoms with Crippen LogP contribution in [0.15, 0.2) is 42.0 Å². The second-order valence-corrected chi connectivity index (χ2v) is 9.16. The summed E-state index contributed by atoms with van der Waals surface area (Å²) in [4.78, 5) is 11.4. The van der Waals surface area contributed by atoms with E-state index in [-0.39, 0.29) is 18.5 Å². The molecule has 1 heterocycles. The molecule has 0 unspecified atom stereocenters. The molecule has 1 aliphatic carbocycles. The fourth-order valence-electron chi connectivity index (χ4n) is 3.96. The van der Waals surface area contributed by atoms with Crippen molar-refractivity contribution in [1.29, 1.82) is 0 Å². The van der Waals surface area contributed by atoms with E-state index in [1.54, 1.807) is 32.0 Å². The highest BCUT2D eigenvalue weighted by atomic mass is 19.4. The van der Waals surface area contributed by atoms with Crippen LogP contribution >= 0.6 is 0 Å². The zero-order chi connectivity index (χ0) is 24.5. The molecule has 2 aliphatic rings. The van der Waals surface area contributed by atoms with E-state index in [2.05, 4.69) is 0 Å². The van der Waals surface area contributed by atoms with Crippen molar-refractivity contribution in [1.82, 2.24) is 0 Å². The van der Waals surface area contributed by atoms with Crippen molar-refractivity contribution < 1.29 is 37.3 Å². The number of halogens is 3. The van der Waals surface area contributed by atoms with Gasteiger partial charge in [0.05, 0.1) is 17.1 Å². The van der Waals surface area contributed by atoms with Gasteiger partial charge in [-0.05, 0) is 81.0 Å². The summed E-state index contributed by atoms with van der Waals surface area (Å²) in [6, 6.07) is 9.20. The number of fused-ring (bicyclic) bond motifs is 1. The topological polar surface area (TPSA) is 65.0 Å². The molecule has 1 N–H and O–H groups in total. The summed E-state index contributed by atoms with van der Waals surface area (Å²) in [5.74, 6) is 0.176. The largest absolute Gasteiger partial charge is 0.490 e. The molecule has 1 saturated carbocycles. The SMILES string of the molecule is CC(C)Oc1ccc(COc2ccc3c(c2)OCC(CCC2(C(=O)O)CC2)=C3)cc1C(F)(F)F. The van der Waals surface area contributed by atoms with Crippen molar-refractivity contribution in [2.75, 3.05) is 6.61 Å². The molecule has 34 heavy (non-hydrogen) atoms. The van der Waals surface area contributed by atoms with Crippen LogP contribution in [-0.2, 0) is 17.6 Å². The second kappa shape index (κ2) is 9.24. The summed E-state index contributed by atoms with van der Waals surface area (Å²) >= 11 is 0. The molecule has 4 rings (SSSR count). The Kier molecular flexibility index (Phi) is 6.51. The number of carboxylic acids is 1. The van der Waals surface area contributed by atoms with Crippen molar-refractivity contribution in [3.05, 3.63) is 58.7 Å². The lowest BCUT2D eigenvalue weighted by Gasteiger charge is -2.20. The maximum absolute atomic E-state index is 13.5. The summed E-state index contributed by atoms with van der Waals surface area (Å²) in [7, 11) is 0. The van der Waals surface area contributed by atoms with Crippen LogP contribution in [0, 0.1) is 5.41 Å². The van der Waals surface area contributed by atoms with Crippen molar-refractivity contribution in [3.63, 3.8) is 0 Å². The van der Waals surface area contributed by atoms with Crippen LogP contribution in [-0.4, -0.2) is 23.8 Å². The first-order chi connectivity index (χ1) is 16.1. The van der Waals surface area contributed by atoms with Gasteiger partial charge < -0.3 is 19.3 Å². The number of benzene rings is 2. The number of hydrogen-bond donors (Lipinski definition) is 1. The molecular weight excluding hydrogens is 449 g/mol. The number of carbonyl (C=O) groups is 1. The van der Waals surface area contributed by atoms with Crippen LogP contribution in [0.25, 0.3) is 6.08 Å². The second-order valence-electron chi connectivity index (χ2n) is 9.16. The van der Waals surface area contributed by atoms with Crippen molar-refractivity contribution in [2.45, 2.75) is 58.4 Å². The van der Waals surface area contributed by atoms with Gasteiger partial charge >= 0.3 is 12.1 Å². The van der Waals surface area contributed by atoms with Gasteiger partial charge in [0, 0.05) is 11.6 Å². The van der Waals surface area contributed by atoms with E-state index in [1.165, 1.54) is 6.07 Å². The van der Waals surface area contributed by atoms with Crippen molar-refractivity contribution in [2.24, 2.45) is 5.41 Å². The molecule has 0 saturated heterocycles. The normalized spacial score (nSPS) is 16.4.